The van der Waals surface area contributed by atoms with E-state index in [0.717, 1.165) is 20.0 Å². The van der Waals surface area contributed by atoms with Crippen molar-refractivity contribution in [1.29, 1.82) is 0 Å². The summed E-state index contributed by atoms with van der Waals surface area (Å²) in [7, 11) is 0. The first-order valence-electron chi connectivity index (χ1n) is 8.46. The Morgan fingerprint density at radius 2 is 1.68 bits per heavy atom. The lowest BCUT2D eigenvalue weighted by atomic mass is 10.2. The Kier molecular flexibility index (Phi) is 8.29. The molecule has 8 heteroatoms. The maximum atomic E-state index is 11.8. The molecule has 0 saturated carbocycles. The smallest absolute Gasteiger partial charge is 0.250 e. The average molecular weight is 427 g/mol. The Morgan fingerprint density at radius 1 is 1.00 bits per heavy atom. The summed E-state index contributed by atoms with van der Waals surface area (Å²) < 4.78 is 1.68. The maximum Gasteiger partial charge on any atom is 0.250 e. The molecule has 0 radical (unpaired) electrons. The number of rotatable bonds is 9. The summed E-state index contributed by atoms with van der Waals surface area (Å²) in [6.45, 7) is 0. The summed E-state index contributed by atoms with van der Waals surface area (Å²) in [6.07, 6.45) is 5.25. The Morgan fingerprint density at radius 3 is 2.43 bits per heavy atom. The molecule has 0 aliphatic rings. The highest BCUT2D eigenvalue weighted by molar-refractivity contribution is 8.03. The fraction of sp³-hybridized carbons (Fsp3) is 0.100. The molecule has 28 heavy (non-hydrogen) atoms. The van der Waals surface area contributed by atoms with E-state index in [0.29, 0.717) is 0 Å². The van der Waals surface area contributed by atoms with E-state index in [4.69, 9.17) is 0 Å². The number of benzene rings is 2. The number of nitrogens with one attached hydrogen (secondary N) is 1. The molecule has 0 saturated heterocycles. The summed E-state index contributed by atoms with van der Waals surface area (Å²) in [5.74, 6) is 0.923. The van der Waals surface area contributed by atoms with Crippen LogP contribution in [-0.4, -0.2) is 28.1 Å². The van der Waals surface area contributed by atoms with Crippen LogP contribution in [0.25, 0.3) is 6.08 Å². The van der Waals surface area contributed by atoms with Gasteiger partial charge in [0.15, 0.2) is 8.68 Å². The van der Waals surface area contributed by atoms with Crippen LogP contribution in [0.1, 0.15) is 11.1 Å². The molecule has 1 heterocycles. The lowest BCUT2D eigenvalue weighted by Crippen LogP contribution is -2.19. The van der Waals surface area contributed by atoms with Crippen LogP contribution in [-0.2, 0) is 10.5 Å². The average Bonchev–Trinajstić information content (AvgIpc) is 3.20. The summed E-state index contributed by atoms with van der Waals surface area (Å²) in [5.41, 5.74) is 4.82. The monoisotopic (exact) mass is 426 g/mol. The van der Waals surface area contributed by atoms with Gasteiger partial charge in [-0.25, -0.2) is 5.43 Å². The zero-order valence-electron chi connectivity index (χ0n) is 14.9. The molecule has 0 atom stereocenters. The van der Waals surface area contributed by atoms with Gasteiger partial charge >= 0.3 is 0 Å². The minimum Gasteiger partial charge on any atom is -0.272 e. The molecule has 0 spiro atoms. The van der Waals surface area contributed by atoms with E-state index >= 15 is 0 Å². The molecule has 0 aliphatic heterocycles. The number of hydrogen-bond donors (Lipinski definition) is 1. The Balaban J connectivity index is 1.36. The minimum atomic E-state index is -0.178. The van der Waals surface area contributed by atoms with Gasteiger partial charge in [-0.1, -0.05) is 102 Å². The van der Waals surface area contributed by atoms with E-state index < -0.39 is 0 Å². The highest BCUT2D eigenvalue weighted by Gasteiger charge is 2.08. The van der Waals surface area contributed by atoms with Crippen molar-refractivity contribution in [1.82, 2.24) is 15.6 Å². The number of aromatic nitrogens is 2. The van der Waals surface area contributed by atoms with Crippen LogP contribution in [0.3, 0.4) is 0 Å². The van der Waals surface area contributed by atoms with Crippen molar-refractivity contribution in [2.75, 3.05) is 5.75 Å². The molecular formula is C20H18N4OS3. The quantitative estimate of drug-likeness (QED) is 0.304. The molecule has 0 fully saturated rings. The third kappa shape index (κ3) is 7.30. The van der Waals surface area contributed by atoms with Crippen LogP contribution in [0.5, 0.6) is 0 Å². The number of allylic oxidation sites excluding steroid dienone is 1. The van der Waals surface area contributed by atoms with Gasteiger partial charge in [0.25, 0.3) is 5.91 Å². The molecule has 0 aliphatic carbocycles. The van der Waals surface area contributed by atoms with Crippen molar-refractivity contribution in [2.24, 2.45) is 5.10 Å². The molecule has 2 aromatic carbocycles. The molecular weight excluding hydrogens is 408 g/mol. The van der Waals surface area contributed by atoms with Gasteiger partial charge < -0.3 is 0 Å². The van der Waals surface area contributed by atoms with Crippen molar-refractivity contribution in [3.8, 4) is 0 Å². The maximum absolute atomic E-state index is 11.8. The minimum absolute atomic E-state index is 0.178. The fourth-order valence-electron chi connectivity index (χ4n) is 2.06. The molecule has 5 nitrogen and oxygen atoms in total. The van der Waals surface area contributed by atoms with Gasteiger partial charge in [-0.05, 0) is 17.2 Å². The first kappa shape index (κ1) is 20.3. The van der Waals surface area contributed by atoms with Crippen molar-refractivity contribution in [3.63, 3.8) is 0 Å². The molecule has 1 amide bonds. The summed E-state index contributed by atoms with van der Waals surface area (Å²) >= 11 is 4.50. The summed E-state index contributed by atoms with van der Waals surface area (Å²) in [5, 5.41) is 12.2. The van der Waals surface area contributed by atoms with Crippen LogP contribution in [0.4, 0.5) is 0 Å². The van der Waals surface area contributed by atoms with E-state index in [2.05, 4.69) is 32.9 Å². The van der Waals surface area contributed by atoms with E-state index in [1.54, 1.807) is 24.1 Å². The zero-order chi connectivity index (χ0) is 19.4. The summed E-state index contributed by atoms with van der Waals surface area (Å²) in [4.78, 5) is 11.8. The predicted octanol–water partition coefficient (Wildman–Crippen LogP) is 4.74. The number of hydrogen-bond acceptors (Lipinski definition) is 7. The van der Waals surface area contributed by atoms with E-state index in [9.17, 15) is 4.79 Å². The lowest BCUT2D eigenvalue weighted by Gasteiger charge is -1.97. The Labute approximate surface area is 176 Å². The standard InChI is InChI=1S/C20H18N4OS3/c25-18(22-21-13-7-12-16-8-3-1-4-9-16)15-27-20-24-23-19(28-20)26-14-17-10-5-2-6-11-17/h1-13H,14-15H2,(H,22,25)/b12-7+,21-13-. The highest BCUT2D eigenvalue weighted by Crippen LogP contribution is 2.30. The van der Waals surface area contributed by atoms with Crippen LogP contribution >= 0.6 is 34.9 Å². The van der Waals surface area contributed by atoms with Crippen LogP contribution in [0.15, 0.2) is 80.5 Å². The molecule has 3 aromatic rings. The first-order chi connectivity index (χ1) is 13.8. The highest BCUT2D eigenvalue weighted by atomic mass is 32.2. The van der Waals surface area contributed by atoms with Crippen LogP contribution in [0, 0.1) is 0 Å². The van der Waals surface area contributed by atoms with Crippen LogP contribution < -0.4 is 5.43 Å². The van der Waals surface area contributed by atoms with Crippen molar-refractivity contribution in [2.45, 2.75) is 14.4 Å². The fourth-order valence-corrected chi connectivity index (χ4v) is 4.83. The predicted molar refractivity (Wildman–Crippen MR) is 119 cm³/mol. The Bertz CT molecular complexity index is 927. The van der Waals surface area contributed by atoms with Gasteiger partial charge in [0.2, 0.25) is 0 Å². The third-order valence-electron chi connectivity index (χ3n) is 3.36. The van der Waals surface area contributed by atoms with Gasteiger partial charge in [0.1, 0.15) is 0 Å². The third-order valence-corrected chi connectivity index (χ3v) is 6.62. The molecule has 142 valence electrons. The number of amides is 1. The number of carbonyl (C=O) groups excluding carboxylic acids is 1. The van der Waals surface area contributed by atoms with Crippen molar-refractivity contribution < 1.29 is 4.79 Å². The zero-order valence-corrected chi connectivity index (χ0v) is 17.3. The second-order valence-electron chi connectivity index (χ2n) is 5.48. The second-order valence-corrected chi connectivity index (χ2v) is 8.90. The number of thioether (sulfide) groups is 2. The topological polar surface area (TPSA) is 67.2 Å². The molecule has 3 rings (SSSR count). The van der Waals surface area contributed by atoms with Gasteiger partial charge in [-0.3, -0.25) is 4.79 Å². The Hall–Kier alpha value is -2.42. The summed E-state index contributed by atoms with van der Waals surface area (Å²) in [6, 6.07) is 20.1. The lowest BCUT2D eigenvalue weighted by molar-refractivity contribution is -0.118. The second kappa shape index (κ2) is 11.4. The van der Waals surface area contributed by atoms with Gasteiger partial charge in [0, 0.05) is 12.0 Å². The molecule has 0 unspecified atom stereocenters. The van der Waals surface area contributed by atoms with E-state index in [-0.39, 0.29) is 11.7 Å². The number of carbonyl (C=O) groups is 1. The van der Waals surface area contributed by atoms with Crippen LogP contribution in [0.2, 0.25) is 0 Å². The first-order valence-corrected chi connectivity index (χ1v) is 11.2. The van der Waals surface area contributed by atoms with Gasteiger partial charge in [0.05, 0.1) is 5.75 Å². The largest absolute Gasteiger partial charge is 0.272 e. The molecule has 0 bridgehead atoms. The molecule has 1 aromatic heterocycles. The van der Waals surface area contributed by atoms with Gasteiger partial charge in [-0.2, -0.15) is 5.10 Å². The number of hydrazone groups is 1. The van der Waals surface area contributed by atoms with Gasteiger partial charge in [-0.15, -0.1) is 10.2 Å². The van der Waals surface area contributed by atoms with E-state index in [1.807, 2.05) is 54.6 Å². The number of nitrogens with zero attached hydrogens (tertiary/aromatic N) is 3. The van der Waals surface area contributed by atoms with E-state index in [1.165, 1.54) is 28.7 Å². The normalized spacial score (nSPS) is 11.3. The molecule has 1 N–H and O–H groups in total. The SMILES string of the molecule is O=C(CSc1nnc(SCc2ccccc2)s1)N/N=C\C=C\c1ccccc1. The van der Waals surface area contributed by atoms with Crippen molar-refractivity contribution in [3.05, 3.63) is 77.9 Å². The van der Waals surface area contributed by atoms with Crippen molar-refractivity contribution >= 4 is 53.1 Å².